The maximum Gasteiger partial charge on any atom is 0.303 e. The second kappa shape index (κ2) is 16.8. The molecule has 0 saturated carbocycles. The number of hydrogen-bond donors (Lipinski definition) is 4. The van der Waals surface area contributed by atoms with Crippen LogP contribution in [0.3, 0.4) is 0 Å². The number of nitrogens with zero attached hydrogens (tertiary/aromatic N) is 2. The number of aliphatic carboxylic acids is 1. The Morgan fingerprint density at radius 2 is 1.24 bits per heavy atom. The highest BCUT2D eigenvalue weighted by Crippen LogP contribution is 2.52. The molecule has 0 spiro atoms. The molecule has 0 radical (unpaired) electrons. The van der Waals surface area contributed by atoms with Crippen LogP contribution in [0.15, 0.2) is 116 Å². The smallest absolute Gasteiger partial charge is 0.303 e. The zero-order valence-electron chi connectivity index (χ0n) is 34.8. The minimum Gasteiger partial charge on any atom is -0.744 e. The number of rotatable bonds is 15. The first-order valence-corrected chi connectivity index (χ1v) is 25.3. The van der Waals surface area contributed by atoms with Crippen molar-refractivity contribution >= 4 is 85.1 Å². The minimum atomic E-state index is -5.14. The molecule has 16 nitrogen and oxygen atoms in total. The Balaban J connectivity index is 1.36. The van der Waals surface area contributed by atoms with Gasteiger partial charge >= 0.3 is 5.97 Å². The van der Waals surface area contributed by atoms with E-state index < -0.39 is 76.9 Å². The molecule has 0 aromatic heterocycles. The monoisotopic (exact) mass is 942 g/mol. The van der Waals surface area contributed by atoms with Crippen LogP contribution in [0.5, 0.6) is 0 Å². The molecule has 4 aromatic carbocycles. The first kappa shape index (κ1) is 47.4. The molecule has 4 aromatic rings. The van der Waals surface area contributed by atoms with Crippen molar-refractivity contribution in [3.05, 3.63) is 108 Å². The molecule has 20 heteroatoms. The van der Waals surface area contributed by atoms with E-state index in [0.717, 1.165) is 11.4 Å². The van der Waals surface area contributed by atoms with Gasteiger partial charge in [0.2, 0.25) is 5.69 Å². The van der Waals surface area contributed by atoms with E-state index in [2.05, 4.69) is 0 Å². The number of carboxylic acid groups (broad SMARTS) is 1. The summed E-state index contributed by atoms with van der Waals surface area (Å²) in [6.45, 7) is 10.3. The molecule has 4 N–H and O–H groups in total. The lowest BCUT2D eigenvalue weighted by Gasteiger charge is -2.26. The van der Waals surface area contributed by atoms with Gasteiger partial charge in [-0.3, -0.25) is 18.5 Å². The summed E-state index contributed by atoms with van der Waals surface area (Å²) >= 11 is 0. The first-order chi connectivity index (χ1) is 29.1. The second-order valence-electron chi connectivity index (χ2n) is 16.2. The van der Waals surface area contributed by atoms with Gasteiger partial charge in [0, 0.05) is 59.3 Å². The van der Waals surface area contributed by atoms with Gasteiger partial charge in [0.05, 0.1) is 20.1 Å². The lowest BCUT2D eigenvalue weighted by molar-refractivity contribution is -0.438. The Kier molecular flexibility index (Phi) is 12.7. The first-order valence-electron chi connectivity index (χ1n) is 19.6. The molecule has 0 amide bonds. The molecule has 336 valence electrons. The van der Waals surface area contributed by atoms with Crippen LogP contribution in [-0.4, -0.2) is 86.3 Å². The minimum absolute atomic E-state index is 0.000520. The van der Waals surface area contributed by atoms with Crippen molar-refractivity contribution in [3.63, 3.8) is 0 Å². The lowest BCUT2D eigenvalue weighted by atomic mass is 9.79. The number of fused-ring (bicyclic) bond motifs is 6. The van der Waals surface area contributed by atoms with Gasteiger partial charge in [0.1, 0.15) is 21.6 Å². The molecule has 2 aliphatic heterocycles. The van der Waals surface area contributed by atoms with Crippen molar-refractivity contribution in [1.29, 1.82) is 0 Å². The molecule has 2 heterocycles. The fourth-order valence-corrected chi connectivity index (χ4v) is 11.5. The van der Waals surface area contributed by atoms with Gasteiger partial charge in [-0.2, -0.15) is 29.8 Å². The van der Waals surface area contributed by atoms with Gasteiger partial charge in [-0.1, -0.05) is 50.3 Å². The number of allylic oxidation sites excluding steroid dienone is 8. The SMILES string of the molecule is CCN1/C(=C/C=C/C=C/C=C/C2=[N+](CCCCCC(=O)O)c3ccc4c(S(=O)(=O)O)cc(S(=O)(=O)O)cc4c3C2(C)C)C(C)(C)c2c1ccc1c(S(=O)(=O)[O-])cc(S(=O)(=O)O)cc21. The van der Waals surface area contributed by atoms with Crippen LogP contribution in [0.2, 0.25) is 0 Å². The second-order valence-corrected chi connectivity index (χ2v) is 21.8. The fourth-order valence-electron chi connectivity index (χ4n) is 8.79. The van der Waals surface area contributed by atoms with Crippen LogP contribution in [0.25, 0.3) is 21.5 Å². The van der Waals surface area contributed by atoms with E-state index >= 15 is 0 Å². The van der Waals surface area contributed by atoms with Crippen LogP contribution >= 0.6 is 0 Å². The van der Waals surface area contributed by atoms with E-state index in [9.17, 15) is 56.7 Å². The summed E-state index contributed by atoms with van der Waals surface area (Å²) in [5.74, 6) is -0.911. The summed E-state index contributed by atoms with van der Waals surface area (Å²) < 4.78 is 143. The van der Waals surface area contributed by atoms with E-state index in [-0.39, 0.29) is 28.0 Å². The highest BCUT2D eigenvalue weighted by molar-refractivity contribution is 7.87. The van der Waals surface area contributed by atoms with Crippen LogP contribution in [0, 0.1) is 0 Å². The number of benzene rings is 4. The third-order valence-corrected chi connectivity index (χ3v) is 14.9. The number of hydrogen-bond acceptors (Lipinski definition) is 11. The summed E-state index contributed by atoms with van der Waals surface area (Å²) in [5, 5.41) is 9.57. The summed E-state index contributed by atoms with van der Waals surface area (Å²) in [6, 6.07) is 9.95. The van der Waals surface area contributed by atoms with Crippen molar-refractivity contribution < 1.29 is 66.4 Å². The van der Waals surface area contributed by atoms with Crippen molar-refractivity contribution in [3.8, 4) is 0 Å². The molecule has 6 rings (SSSR count). The Morgan fingerprint density at radius 1 is 0.683 bits per heavy atom. The zero-order valence-corrected chi connectivity index (χ0v) is 38.1. The van der Waals surface area contributed by atoms with Crippen LogP contribution in [0.1, 0.15) is 71.4 Å². The number of anilines is 1. The third-order valence-electron chi connectivity index (χ3n) is 11.5. The zero-order chi connectivity index (χ0) is 46.7. The predicted octanol–water partition coefficient (Wildman–Crippen LogP) is 7.03. The molecule has 0 unspecified atom stereocenters. The fraction of sp³-hybridized carbons (Fsp3) is 0.302. The average molecular weight is 943 g/mol. The number of carboxylic acids is 1. The number of carbonyl (C=O) groups is 1. The molecule has 0 saturated heterocycles. The van der Waals surface area contributed by atoms with Crippen molar-refractivity contribution in [2.24, 2.45) is 0 Å². The molecular weight excluding hydrogens is 897 g/mol. The Labute approximate surface area is 366 Å². The third kappa shape index (κ3) is 9.17. The maximum absolute atomic E-state index is 12.5. The van der Waals surface area contributed by atoms with Gasteiger partial charge in [-0.15, -0.1) is 0 Å². The molecule has 0 fully saturated rings. The quantitative estimate of drug-likeness (QED) is 0.0403. The van der Waals surface area contributed by atoms with E-state index in [1.807, 2.05) is 56.2 Å². The molecule has 0 aliphatic carbocycles. The van der Waals surface area contributed by atoms with Crippen molar-refractivity contribution in [2.75, 3.05) is 18.0 Å². The van der Waals surface area contributed by atoms with Gasteiger partial charge in [0.25, 0.3) is 30.4 Å². The van der Waals surface area contributed by atoms with Gasteiger partial charge in [-0.05, 0) is 97.8 Å². The predicted molar refractivity (Wildman–Crippen MR) is 236 cm³/mol. The van der Waals surface area contributed by atoms with Gasteiger partial charge in [0.15, 0.2) is 5.71 Å². The summed E-state index contributed by atoms with van der Waals surface area (Å²) in [7, 11) is -19.9. The van der Waals surface area contributed by atoms with E-state index in [4.69, 9.17) is 5.11 Å². The Bertz CT molecular complexity index is 3220. The molecular formula is C43H46N2O14S4. The van der Waals surface area contributed by atoms with E-state index in [1.54, 1.807) is 42.5 Å². The maximum atomic E-state index is 12.5. The number of unbranched alkanes of at least 4 members (excludes halogenated alkanes) is 2. The normalized spacial score (nSPS) is 17.3. The van der Waals surface area contributed by atoms with Gasteiger partial charge < -0.3 is 14.6 Å². The molecule has 0 bridgehead atoms. The topological polar surface area (TPSA) is 264 Å². The largest absolute Gasteiger partial charge is 0.744 e. The van der Waals surface area contributed by atoms with Crippen LogP contribution in [-0.2, 0) is 56.1 Å². The van der Waals surface area contributed by atoms with Gasteiger partial charge in [-0.25, -0.2) is 8.42 Å². The summed E-state index contributed by atoms with van der Waals surface area (Å²) in [5.41, 5.74) is 2.18. The molecule has 2 aliphatic rings. The Morgan fingerprint density at radius 3 is 1.81 bits per heavy atom. The average Bonchev–Trinajstić information content (AvgIpc) is 3.52. The summed E-state index contributed by atoms with van der Waals surface area (Å²) in [6.07, 6.45) is 14.2. The number of likely N-dealkylation sites (N-methyl/N-ethyl adjacent to an activating group) is 1. The highest BCUT2D eigenvalue weighted by Gasteiger charge is 2.46. The van der Waals surface area contributed by atoms with E-state index in [1.165, 1.54) is 24.3 Å². The lowest BCUT2D eigenvalue weighted by Crippen LogP contribution is -2.28. The molecule has 0 atom stereocenters. The standard InChI is InChI=1S/C43H46N2O14S4/c1-6-44-33-20-18-29-31(23-27(60(48,49)50)25-35(29)62(54,55)56)40(33)42(2,3)37(44)15-11-8-7-9-12-16-38-43(4,5)41-32-24-28(61(51,52)53)26-36(63(57,58)59)30(32)19-21-34(41)45(38)22-14-10-13-17-39(46)47/h7-9,11-12,15-16,18-21,23-26H,6,10,13-14,17,22H2,1-5H3,(H4-,46,47,48,49,50,51,52,53,54,55,56,57,58,59). The van der Waals surface area contributed by atoms with Crippen LogP contribution in [0.4, 0.5) is 11.4 Å². The van der Waals surface area contributed by atoms with Crippen molar-refractivity contribution in [2.45, 2.75) is 90.7 Å². The highest BCUT2D eigenvalue weighted by atomic mass is 32.2. The van der Waals surface area contributed by atoms with Crippen molar-refractivity contribution in [1.82, 2.24) is 0 Å². The molecule has 63 heavy (non-hydrogen) atoms. The van der Waals surface area contributed by atoms with Crippen LogP contribution < -0.4 is 4.90 Å². The Hall–Kier alpha value is -5.06. The van der Waals surface area contributed by atoms with E-state index in [0.29, 0.717) is 67.0 Å². The summed E-state index contributed by atoms with van der Waals surface area (Å²) in [4.78, 5) is 10.2.